The van der Waals surface area contributed by atoms with Gasteiger partial charge in [-0.15, -0.1) is 0 Å². The summed E-state index contributed by atoms with van der Waals surface area (Å²) in [5, 5.41) is 2.41. The summed E-state index contributed by atoms with van der Waals surface area (Å²) in [6, 6.07) is 14.7. The molecule has 2 N–H and O–H groups in total. The summed E-state index contributed by atoms with van der Waals surface area (Å²) in [4.78, 5) is 9.34. The third-order valence-corrected chi connectivity index (χ3v) is 5.13. The number of anilines is 1. The van der Waals surface area contributed by atoms with Gasteiger partial charge in [-0.3, -0.25) is 4.40 Å². The van der Waals surface area contributed by atoms with E-state index in [0.29, 0.717) is 11.7 Å². The predicted molar refractivity (Wildman–Crippen MR) is 96.9 cm³/mol. The van der Waals surface area contributed by atoms with Crippen LogP contribution in [0.15, 0.2) is 54.9 Å². The molecule has 2 heterocycles. The maximum atomic E-state index is 6.24. The summed E-state index contributed by atoms with van der Waals surface area (Å²) in [7, 11) is 0. The molecule has 1 saturated carbocycles. The SMILES string of the molecule is Nc1nccn2c(C3CCC3)nc(-c3cccc4ccccc34)c12. The quantitative estimate of drug-likeness (QED) is 0.596. The molecule has 4 nitrogen and oxygen atoms in total. The monoisotopic (exact) mass is 314 g/mol. The van der Waals surface area contributed by atoms with Gasteiger partial charge in [0.05, 0.1) is 0 Å². The molecule has 0 radical (unpaired) electrons. The summed E-state index contributed by atoms with van der Waals surface area (Å²) in [5.41, 5.74) is 9.23. The van der Waals surface area contributed by atoms with Gasteiger partial charge in [0.2, 0.25) is 0 Å². The van der Waals surface area contributed by atoms with Crippen molar-refractivity contribution >= 4 is 22.1 Å². The van der Waals surface area contributed by atoms with Crippen LogP contribution in [-0.4, -0.2) is 14.4 Å². The van der Waals surface area contributed by atoms with Crippen LogP contribution in [0.2, 0.25) is 0 Å². The van der Waals surface area contributed by atoms with Crippen LogP contribution < -0.4 is 5.73 Å². The number of nitrogen functional groups attached to an aromatic ring is 1. The minimum absolute atomic E-state index is 0.531. The molecule has 1 aliphatic rings. The molecular weight excluding hydrogens is 296 g/mol. The molecule has 4 aromatic rings. The Kier molecular flexibility index (Phi) is 2.86. The summed E-state index contributed by atoms with van der Waals surface area (Å²) < 4.78 is 2.14. The van der Waals surface area contributed by atoms with Crippen molar-refractivity contribution in [3.63, 3.8) is 0 Å². The summed E-state index contributed by atoms with van der Waals surface area (Å²) >= 11 is 0. The van der Waals surface area contributed by atoms with Crippen LogP contribution >= 0.6 is 0 Å². The average molecular weight is 314 g/mol. The molecule has 2 aromatic carbocycles. The third kappa shape index (κ3) is 1.86. The summed E-state index contributed by atoms with van der Waals surface area (Å²) in [6.45, 7) is 0. The largest absolute Gasteiger partial charge is 0.382 e. The number of nitrogens with two attached hydrogens (primary N) is 1. The number of aromatic nitrogens is 3. The van der Waals surface area contributed by atoms with Crippen molar-refractivity contribution in [3.8, 4) is 11.3 Å². The Morgan fingerprint density at radius 2 is 1.88 bits per heavy atom. The smallest absolute Gasteiger partial charge is 0.150 e. The van der Waals surface area contributed by atoms with Crippen molar-refractivity contribution in [3.05, 3.63) is 60.7 Å². The second kappa shape index (κ2) is 5.06. The van der Waals surface area contributed by atoms with E-state index in [9.17, 15) is 0 Å². The van der Waals surface area contributed by atoms with Gasteiger partial charge in [-0.1, -0.05) is 48.9 Å². The number of hydrogen-bond acceptors (Lipinski definition) is 3. The molecule has 0 saturated heterocycles. The molecular formula is C20H18N4. The van der Waals surface area contributed by atoms with E-state index in [1.54, 1.807) is 6.20 Å². The Balaban J connectivity index is 1.86. The minimum Gasteiger partial charge on any atom is -0.382 e. The van der Waals surface area contributed by atoms with Crippen LogP contribution in [0, 0.1) is 0 Å². The maximum absolute atomic E-state index is 6.24. The Morgan fingerprint density at radius 1 is 1.04 bits per heavy atom. The standard InChI is InChI=1S/C20H18N4/c21-19-18-17(16-10-4-6-13-5-1-2-9-15(13)16)23-20(14-7-3-8-14)24(18)12-11-22-19/h1-2,4-6,9-12,14H,3,7-8H2,(H2,21,22). The highest BCUT2D eigenvalue weighted by atomic mass is 15.1. The highest BCUT2D eigenvalue weighted by Crippen LogP contribution is 2.40. The molecule has 0 atom stereocenters. The summed E-state index contributed by atoms with van der Waals surface area (Å²) in [6.07, 6.45) is 7.44. The zero-order valence-corrected chi connectivity index (χ0v) is 13.3. The van der Waals surface area contributed by atoms with E-state index in [4.69, 9.17) is 10.7 Å². The fourth-order valence-electron chi connectivity index (χ4n) is 3.66. The topological polar surface area (TPSA) is 56.2 Å². The molecule has 5 rings (SSSR count). The maximum Gasteiger partial charge on any atom is 0.150 e. The van der Waals surface area contributed by atoms with E-state index in [2.05, 4.69) is 51.8 Å². The van der Waals surface area contributed by atoms with Gasteiger partial charge in [0.15, 0.2) is 0 Å². The third-order valence-electron chi connectivity index (χ3n) is 5.13. The van der Waals surface area contributed by atoms with Crippen molar-refractivity contribution in [2.75, 3.05) is 5.73 Å². The second-order valence-electron chi connectivity index (χ2n) is 6.50. The lowest BCUT2D eigenvalue weighted by Crippen LogP contribution is -2.12. The highest BCUT2D eigenvalue weighted by Gasteiger charge is 2.27. The van der Waals surface area contributed by atoms with Gasteiger partial charge in [-0.25, -0.2) is 9.97 Å². The Morgan fingerprint density at radius 3 is 2.71 bits per heavy atom. The van der Waals surface area contributed by atoms with Gasteiger partial charge in [-0.2, -0.15) is 0 Å². The lowest BCUT2D eigenvalue weighted by atomic mass is 9.85. The van der Waals surface area contributed by atoms with Gasteiger partial charge in [-0.05, 0) is 23.6 Å². The lowest BCUT2D eigenvalue weighted by Gasteiger charge is -2.23. The Labute approximate surface area is 140 Å². The van der Waals surface area contributed by atoms with Crippen LogP contribution in [0.4, 0.5) is 5.82 Å². The van der Waals surface area contributed by atoms with Gasteiger partial charge < -0.3 is 5.73 Å². The van der Waals surface area contributed by atoms with Crippen LogP contribution in [0.5, 0.6) is 0 Å². The molecule has 2 aromatic heterocycles. The molecule has 1 fully saturated rings. The molecule has 0 amide bonds. The van der Waals surface area contributed by atoms with Crippen LogP contribution in [0.3, 0.4) is 0 Å². The molecule has 24 heavy (non-hydrogen) atoms. The summed E-state index contributed by atoms with van der Waals surface area (Å²) in [5.74, 6) is 2.19. The van der Waals surface area contributed by atoms with E-state index in [0.717, 1.165) is 22.6 Å². The van der Waals surface area contributed by atoms with Crippen LogP contribution in [-0.2, 0) is 0 Å². The van der Waals surface area contributed by atoms with Crippen molar-refractivity contribution in [1.82, 2.24) is 14.4 Å². The van der Waals surface area contributed by atoms with E-state index >= 15 is 0 Å². The molecule has 0 bridgehead atoms. The zero-order valence-electron chi connectivity index (χ0n) is 13.3. The molecule has 0 unspecified atom stereocenters. The average Bonchev–Trinajstić information content (AvgIpc) is 2.93. The van der Waals surface area contributed by atoms with E-state index in [1.165, 1.54) is 30.0 Å². The van der Waals surface area contributed by atoms with Gasteiger partial charge in [0.25, 0.3) is 0 Å². The van der Waals surface area contributed by atoms with Crippen molar-refractivity contribution < 1.29 is 0 Å². The first-order chi connectivity index (χ1) is 11.8. The Hall–Kier alpha value is -2.88. The number of hydrogen-bond donors (Lipinski definition) is 1. The van der Waals surface area contributed by atoms with E-state index < -0.39 is 0 Å². The van der Waals surface area contributed by atoms with Crippen molar-refractivity contribution in [2.45, 2.75) is 25.2 Å². The zero-order chi connectivity index (χ0) is 16.1. The van der Waals surface area contributed by atoms with Gasteiger partial charge in [0, 0.05) is 23.9 Å². The second-order valence-corrected chi connectivity index (χ2v) is 6.50. The molecule has 118 valence electrons. The van der Waals surface area contributed by atoms with E-state index in [1.807, 2.05) is 6.20 Å². The Bertz CT molecular complexity index is 1050. The number of fused-ring (bicyclic) bond motifs is 2. The lowest BCUT2D eigenvalue weighted by molar-refractivity contribution is 0.400. The normalized spacial score (nSPS) is 15.0. The minimum atomic E-state index is 0.531. The molecule has 0 aliphatic heterocycles. The van der Waals surface area contributed by atoms with E-state index in [-0.39, 0.29) is 0 Å². The first kappa shape index (κ1) is 13.5. The molecule has 0 spiro atoms. The van der Waals surface area contributed by atoms with Crippen LogP contribution in [0.1, 0.15) is 31.0 Å². The first-order valence-corrected chi connectivity index (χ1v) is 8.43. The van der Waals surface area contributed by atoms with Crippen molar-refractivity contribution in [1.29, 1.82) is 0 Å². The van der Waals surface area contributed by atoms with Crippen molar-refractivity contribution in [2.24, 2.45) is 0 Å². The molecule has 4 heteroatoms. The first-order valence-electron chi connectivity index (χ1n) is 8.43. The highest BCUT2D eigenvalue weighted by molar-refractivity contribution is 6.00. The fraction of sp³-hybridized carbons (Fsp3) is 0.200. The van der Waals surface area contributed by atoms with Gasteiger partial charge in [0.1, 0.15) is 22.9 Å². The van der Waals surface area contributed by atoms with Gasteiger partial charge >= 0.3 is 0 Å². The van der Waals surface area contributed by atoms with Crippen LogP contribution in [0.25, 0.3) is 27.5 Å². The number of nitrogens with zero attached hydrogens (tertiary/aromatic N) is 3. The number of rotatable bonds is 2. The predicted octanol–water partition coefficient (Wildman–Crippen LogP) is 4.40. The molecule has 1 aliphatic carbocycles. The number of imidazole rings is 1. The fourth-order valence-corrected chi connectivity index (χ4v) is 3.66. The number of benzene rings is 2.